The number of H-pyrrole nitrogens is 1. The second kappa shape index (κ2) is 13.1. The number of nitrogens with zero attached hydrogens (tertiary/aromatic N) is 2. The van der Waals surface area contributed by atoms with Gasteiger partial charge in [0.05, 0.1) is 18.7 Å². The number of ether oxygens (including phenoxy) is 2. The normalized spacial score (nSPS) is 14.5. The number of hydrogen-bond donors (Lipinski definition) is 1. The number of aryl methyl sites for hydroxylation is 1. The molecule has 1 N–H and O–H groups in total. The number of benzene rings is 2. The molecule has 1 unspecified atom stereocenters. The molecule has 0 bridgehead atoms. The van der Waals surface area contributed by atoms with Gasteiger partial charge < -0.3 is 14.4 Å². The number of fused-ring (bicyclic) bond motifs is 1. The Labute approximate surface area is 239 Å². The lowest BCUT2D eigenvalue weighted by molar-refractivity contribution is -0.123. The van der Waals surface area contributed by atoms with E-state index in [1.54, 1.807) is 17.5 Å². The predicted octanol–water partition coefficient (Wildman–Crippen LogP) is 5.65. The van der Waals surface area contributed by atoms with Crippen molar-refractivity contribution in [3.63, 3.8) is 0 Å². The Morgan fingerprint density at radius 2 is 2.05 bits per heavy atom. The van der Waals surface area contributed by atoms with Crippen LogP contribution in [0.5, 0.6) is 11.5 Å². The molecule has 1 aliphatic rings. The van der Waals surface area contributed by atoms with Crippen LogP contribution in [0.15, 0.2) is 66.3 Å². The quantitative estimate of drug-likeness (QED) is 0.214. The van der Waals surface area contributed by atoms with Crippen molar-refractivity contribution in [3.05, 3.63) is 87.9 Å². The van der Waals surface area contributed by atoms with E-state index in [0.29, 0.717) is 37.4 Å². The maximum absolute atomic E-state index is 13.5. The van der Waals surface area contributed by atoms with E-state index in [1.165, 1.54) is 4.88 Å². The summed E-state index contributed by atoms with van der Waals surface area (Å²) in [4.78, 5) is 29.7. The molecule has 4 aromatic rings. The number of aromatic amines is 1. The molecule has 1 atom stereocenters. The highest BCUT2D eigenvalue weighted by Gasteiger charge is 2.27. The smallest absolute Gasteiger partial charge is 0.162 e. The van der Waals surface area contributed by atoms with Crippen LogP contribution in [0.1, 0.15) is 39.2 Å². The van der Waals surface area contributed by atoms with Gasteiger partial charge in [-0.2, -0.15) is 5.10 Å². The minimum atomic E-state index is -0.278. The third-order valence-electron chi connectivity index (χ3n) is 7.21. The molecule has 0 spiro atoms. The molecule has 8 heteroatoms. The molecule has 208 valence electrons. The van der Waals surface area contributed by atoms with Gasteiger partial charge in [0.2, 0.25) is 0 Å². The van der Waals surface area contributed by atoms with Gasteiger partial charge in [-0.3, -0.25) is 14.7 Å². The van der Waals surface area contributed by atoms with E-state index in [9.17, 15) is 9.59 Å². The Morgan fingerprint density at radius 3 is 2.83 bits per heavy atom. The summed E-state index contributed by atoms with van der Waals surface area (Å²) < 4.78 is 12.1. The first kappa shape index (κ1) is 27.8. The molecule has 0 aliphatic carbocycles. The number of aromatic nitrogens is 2. The third kappa shape index (κ3) is 7.06. The predicted molar refractivity (Wildman–Crippen MR) is 158 cm³/mol. The first-order chi connectivity index (χ1) is 19.5. The number of nitrogens with one attached hydrogen (secondary N) is 1. The molecule has 5 rings (SSSR count). The summed E-state index contributed by atoms with van der Waals surface area (Å²) in [7, 11) is 4.00. The number of hydrogen-bond acceptors (Lipinski definition) is 7. The summed E-state index contributed by atoms with van der Waals surface area (Å²) >= 11 is 1.72. The van der Waals surface area contributed by atoms with E-state index in [0.717, 1.165) is 47.4 Å². The van der Waals surface area contributed by atoms with Crippen molar-refractivity contribution < 1.29 is 19.1 Å². The molecular formula is C32H35N3O4S. The monoisotopic (exact) mass is 557 g/mol. The summed E-state index contributed by atoms with van der Waals surface area (Å²) in [5, 5.41) is 8.95. The van der Waals surface area contributed by atoms with E-state index in [1.807, 2.05) is 62.8 Å². The second-order valence-electron chi connectivity index (χ2n) is 10.5. The highest BCUT2D eigenvalue weighted by atomic mass is 32.1. The molecule has 3 heterocycles. The summed E-state index contributed by atoms with van der Waals surface area (Å²) in [6.45, 7) is 1.63. The van der Waals surface area contributed by atoms with Crippen LogP contribution in [-0.4, -0.2) is 60.5 Å². The number of carbonyl (C=O) groups excluding carboxylic acids is 2. The Balaban J connectivity index is 1.24. The lowest BCUT2D eigenvalue weighted by Gasteiger charge is -2.25. The molecule has 40 heavy (non-hydrogen) atoms. The van der Waals surface area contributed by atoms with Gasteiger partial charge in [0.1, 0.15) is 23.9 Å². The zero-order valence-corrected chi connectivity index (χ0v) is 23.8. The Kier molecular flexibility index (Phi) is 9.08. The maximum atomic E-state index is 13.5. The van der Waals surface area contributed by atoms with Crippen LogP contribution in [-0.2, 0) is 24.1 Å². The number of Topliss-reactive ketones (excluding diaryl/α,β-unsaturated/α-hetero) is 2. The second-order valence-corrected chi connectivity index (χ2v) is 11.5. The first-order valence-electron chi connectivity index (χ1n) is 13.7. The minimum absolute atomic E-state index is 0.104. The molecule has 0 radical (unpaired) electrons. The largest absolute Gasteiger partial charge is 0.493 e. The molecular weight excluding hydrogens is 522 g/mol. The Morgan fingerprint density at radius 1 is 1.15 bits per heavy atom. The van der Waals surface area contributed by atoms with Crippen LogP contribution in [0.2, 0.25) is 0 Å². The van der Waals surface area contributed by atoms with Gasteiger partial charge in [0.15, 0.2) is 5.78 Å². The topological polar surface area (TPSA) is 84.5 Å². The number of thiophene rings is 1. The van der Waals surface area contributed by atoms with Crippen LogP contribution >= 0.6 is 11.3 Å². The molecule has 2 aromatic carbocycles. The minimum Gasteiger partial charge on any atom is -0.493 e. The van der Waals surface area contributed by atoms with Gasteiger partial charge in [-0.25, -0.2) is 0 Å². The Bertz CT molecular complexity index is 1430. The number of likely N-dealkylation sites (N-methyl/N-ethyl adjacent to an activating group) is 1. The fraction of sp³-hybridized carbons (Fsp3) is 0.344. The van der Waals surface area contributed by atoms with Crippen LogP contribution in [0.3, 0.4) is 0 Å². The summed E-state index contributed by atoms with van der Waals surface area (Å²) in [6.07, 6.45) is 6.67. The van der Waals surface area contributed by atoms with Crippen molar-refractivity contribution in [1.29, 1.82) is 0 Å². The zero-order valence-electron chi connectivity index (χ0n) is 23.0. The van der Waals surface area contributed by atoms with Crippen LogP contribution in [0, 0.1) is 5.92 Å². The van der Waals surface area contributed by atoms with Gasteiger partial charge in [0.25, 0.3) is 0 Å². The zero-order chi connectivity index (χ0) is 27.9. The van der Waals surface area contributed by atoms with E-state index in [2.05, 4.69) is 26.5 Å². The summed E-state index contributed by atoms with van der Waals surface area (Å²) in [5.41, 5.74) is 4.41. The molecule has 2 aromatic heterocycles. The molecule has 0 saturated heterocycles. The summed E-state index contributed by atoms with van der Waals surface area (Å²) in [6, 6.07) is 15.7. The lowest BCUT2D eigenvalue weighted by atomic mass is 9.88. The van der Waals surface area contributed by atoms with Crippen molar-refractivity contribution >= 4 is 22.9 Å². The van der Waals surface area contributed by atoms with Gasteiger partial charge in [-0.15, -0.1) is 11.3 Å². The van der Waals surface area contributed by atoms with Gasteiger partial charge in [-0.1, -0.05) is 18.2 Å². The number of ketones is 2. The van der Waals surface area contributed by atoms with E-state index in [4.69, 9.17) is 9.47 Å². The standard InChI is InChI=1S/C32H35N3O4S/c1-35(2)12-13-38-32-18-22(27-19-33-34-20-27)8-9-24(32)17-30(37)26-16-25-15-23(10-11-31(25)39-21-26)29(36)7-3-5-28-6-4-14-40-28/h4,6,8-11,14-15,18-20,26H,3,5,7,12-13,16-17,21H2,1-2H3,(H,33,34). The SMILES string of the molecule is CN(C)CCOc1cc(-c2cn[nH]c2)ccc1CC(=O)C1COc2ccc(C(=O)CCCc3cccs3)cc2C1. The average Bonchev–Trinajstić information content (AvgIpc) is 3.68. The maximum Gasteiger partial charge on any atom is 0.162 e. The van der Waals surface area contributed by atoms with Crippen molar-refractivity contribution in [2.45, 2.75) is 32.1 Å². The first-order valence-corrected chi connectivity index (χ1v) is 14.6. The van der Waals surface area contributed by atoms with Crippen molar-refractivity contribution in [3.8, 4) is 22.6 Å². The molecule has 0 fully saturated rings. The highest BCUT2D eigenvalue weighted by molar-refractivity contribution is 7.09. The van der Waals surface area contributed by atoms with Gasteiger partial charge in [-0.05, 0) is 80.2 Å². The van der Waals surface area contributed by atoms with E-state index in [-0.39, 0.29) is 23.9 Å². The fourth-order valence-electron chi connectivity index (χ4n) is 4.89. The molecule has 1 aliphatic heterocycles. The fourth-order valence-corrected chi connectivity index (χ4v) is 5.64. The van der Waals surface area contributed by atoms with Crippen molar-refractivity contribution in [2.75, 3.05) is 33.9 Å². The van der Waals surface area contributed by atoms with Crippen LogP contribution in [0.4, 0.5) is 0 Å². The van der Waals surface area contributed by atoms with Gasteiger partial charge in [0, 0.05) is 47.2 Å². The highest BCUT2D eigenvalue weighted by Crippen LogP contribution is 2.32. The van der Waals surface area contributed by atoms with Crippen molar-refractivity contribution in [1.82, 2.24) is 15.1 Å². The van der Waals surface area contributed by atoms with Crippen LogP contribution in [0.25, 0.3) is 11.1 Å². The summed E-state index contributed by atoms with van der Waals surface area (Å²) in [5.74, 6) is 1.43. The molecule has 0 amide bonds. The Hall–Kier alpha value is -3.75. The number of carbonyl (C=O) groups is 2. The average molecular weight is 558 g/mol. The molecule has 0 saturated carbocycles. The van der Waals surface area contributed by atoms with Crippen molar-refractivity contribution in [2.24, 2.45) is 5.92 Å². The third-order valence-corrected chi connectivity index (χ3v) is 8.15. The number of rotatable bonds is 13. The lowest BCUT2D eigenvalue weighted by Crippen LogP contribution is -2.29. The molecule has 7 nitrogen and oxygen atoms in total. The van der Waals surface area contributed by atoms with E-state index >= 15 is 0 Å². The van der Waals surface area contributed by atoms with E-state index < -0.39 is 0 Å². The van der Waals surface area contributed by atoms with Crippen LogP contribution < -0.4 is 9.47 Å². The van der Waals surface area contributed by atoms with Gasteiger partial charge >= 0.3 is 0 Å².